The summed E-state index contributed by atoms with van der Waals surface area (Å²) in [7, 11) is 1.23. The number of hydrogen-bond acceptors (Lipinski definition) is 6. The number of halogens is 1. The average Bonchev–Trinajstić information content (AvgIpc) is 3.08. The van der Waals surface area contributed by atoms with Crippen molar-refractivity contribution in [3.05, 3.63) is 36.2 Å². The third kappa shape index (κ3) is 2.90. The maximum atomic E-state index is 14.3. The van der Waals surface area contributed by atoms with Crippen LogP contribution in [0.3, 0.4) is 0 Å². The highest BCUT2D eigenvalue weighted by Gasteiger charge is 2.28. The van der Waals surface area contributed by atoms with Gasteiger partial charge in [-0.1, -0.05) is 0 Å². The number of hydrogen-bond donors (Lipinski definition) is 3. The van der Waals surface area contributed by atoms with E-state index in [1.165, 1.54) is 19.5 Å². The van der Waals surface area contributed by atoms with Gasteiger partial charge in [-0.25, -0.2) is 14.2 Å². The zero-order valence-electron chi connectivity index (χ0n) is 12.4. The van der Waals surface area contributed by atoms with E-state index < -0.39 is 18.1 Å². The number of nitrogens with two attached hydrogens (primary N) is 1. The van der Waals surface area contributed by atoms with Gasteiger partial charge in [0.15, 0.2) is 11.6 Å². The minimum atomic E-state index is -0.689. The highest BCUT2D eigenvalue weighted by Crippen LogP contribution is 2.39. The molecule has 1 amide bonds. The lowest BCUT2D eigenvalue weighted by Gasteiger charge is -2.35. The average molecular weight is 321 g/mol. The van der Waals surface area contributed by atoms with Crippen LogP contribution in [0.1, 0.15) is 11.9 Å². The molecule has 0 saturated carbocycles. The Hall–Kier alpha value is -2.81. The number of aromatic nitrogens is 2. The molecule has 0 aliphatic carbocycles. The SMILES string of the molecule is COC(=O)Nc1cc(F)c2c(c1)N(C(N)c1cnc[nH]1)CCO2. The lowest BCUT2D eigenvalue weighted by Crippen LogP contribution is -2.40. The van der Waals surface area contributed by atoms with Crippen molar-refractivity contribution in [1.29, 1.82) is 0 Å². The number of aromatic amines is 1. The zero-order valence-corrected chi connectivity index (χ0v) is 12.4. The number of amides is 1. The molecule has 9 heteroatoms. The Balaban J connectivity index is 1.97. The molecular weight excluding hydrogens is 305 g/mol. The van der Waals surface area contributed by atoms with Crippen LogP contribution in [0.5, 0.6) is 5.75 Å². The summed E-state index contributed by atoms with van der Waals surface area (Å²) in [4.78, 5) is 20.0. The van der Waals surface area contributed by atoms with Gasteiger partial charge in [-0.05, 0) is 6.07 Å². The summed E-state index contributed by atoms with van der Waals surface area (Å²) in [6, 6.07) is 2.76. The van der Waals surface area contributed by atoms with Gasteiger partial charge in [-0.15, -0.1) is 0 Å². The number of imidazole rings is 1. The number of methoxy groups -OCH3 is 1. The number of fused-ring (bicyclic) bond motifs is 1. The fraction of sp³-hybridized carbons (Fsp3) is 0.286. The number of rotatable bonds is 3. The number of H-pyrrole nitrogens is 1. The molecule has 1 unspecified atom stereocenters. The van der Waals surface area contributed by atoms with E-state index in [1.54, 1.807) is 17.2 Å². The van der Waals surface area contributed by atoms with E-state index in [0.717, 1.165) is 0 Å². The van der Waals surface area contributed by atoms with Crippen LogP contribution in [0.2, 0.25) is 0 Å². The van der Waals surface area contributed by atoms with Crippen LogP contribution in [0.15, 0.2) is 24.7 Å². The van der Waals surface area contributed by atoms with Gasteiger partial charge in [0.1, 0.15) is 12.8 Å². The molecular formula is C14H16FN5O3. The molecule has 1 aliphatic heterocycles. The van der Waals surface area contributed by atoms with Crippen LogP contribution in [0.25, 0.3) is 0 Å². The van der Waals surface area contributed by atoms with Crippen molar-refractivity contribution >= 4 is 17.5 Å². The smallest absolute Gasteiger partial charge is 0.411 e. The molecule has 2 heterocycles. The first-order chi connectivity index (χ1) is 11.1. The van der Waals surface area contributed by atoms with E-state index in [-0.39, 0.29) is 11.4 Å². The first kappa shape index (κ1) is 15.1. The zero-order chi connectivity index (χ0) is 16.4. The highest BCUT2D eigenvalue weighted by atomic mass is 19.1. The highest BCUT2D eigenvalue weighted by molar-refractivity contribution is 5.86. The third-order valence-corrected chi connectivity index (χ3v) is 3.52. The molecule has 0 saturated heterocycles. The van der Waals surface area contributed by atoms with E-state index in [0.29, 0.717) is 24.5 Å². The third-order valence-electron chi connectivity index (χ3n) is 3.52. The lowest BCUT2D eigenvalue weighted by molar-refractivity contribution is 0.187. The van der Waals surface area contributed by atoms with Crippen LogP contribution < -0.4 is 20.7 Å². The summed E-state index contributed by atoms with van der Waals surface area (Å²) in [5, 5.41) is 2.43. The predicted molar refractivity (Wildman–Crippen MR) is 80.8 cm³/mol. The quantitative estimate of drug-likeness (QED) is 0.792. The van der Waals surface area contributed by atoms with Crippen molar-refractivity contribution in [2.24, 2.45) is 5.73 Å². The summed E-state index contributed by atoms with van der Waals surface area (Å²) in [5.74, 6) is -0.489. The molecule has 8 nitrogen and oxygen atoms in total. The normalized spacial score (nSPS) is 14.7. The summed E-state index contributed by atoms with van der Waals surface area (Å²) in [6.07, 6.45) is 1.89. The fourth-order valence-electron chi connectivity index (χ4n) is 2.43. The molecule has 2 aromatic rings. The number of nitrogens with zero attached hydrogens (tertiary/aromatic N) is 2. The Kier molecular flexibility index (Phi) is 4.02. The topological polar surface area (TPSA) is 106 Å². The van der Waals surface area contributed by atoms with Gasteiger partial charge in [0.2, 0.25) is 0 Å². The van der Waals surface area contributed by atoms with Crippen molar-refractivity contribution in [3.63, 3.8) is 0 Å². The second kappa shape index (κ2) is 6.13. The van der Waals surface area contributed by atoms with Crippen molar-refractivity contribution in [2.75, 3.05) is 30.5 Å². The molecule has 122 valence electrons. The van der Waals surface area contributed by atoms with Gasteiger partial charge in [0, 0.05) is 11.8 Å². The standard InChI is InChI=1S/C14H16FN5O3/c1-22-14(21)19-8-4-9(15)12-11(5-8)20(2-3-23-12)13(16)10-6-17-7-18-10/h4-7,13H,2-3,16H2,1H3,(H,17,18)(H,19,21). The molecule has 1 atom stereocenters. The van der Waals surface area contributed by atoms with E-state index in [1.807, 2.05) is 0 Å². The molecule has 0 bridgehead atoms. The Morgan fingerprint density at radius 3 is 3.13 bits per heavy atom. The molecule has 1 aromatic carbocycles. The summed E-state index contributed by atoms with van der Waals surface area (Å²) in [6.45, 7) is 0.768. The van der Waals surface area contributed by atoms with Crippen molar-refractivity contribution in [1.82, 2.24) is 9.97 Å². The van der Waals surface area contributed by atoms with Crippen LogP contribution in [-0.4, -0.2) is 36.3 Å². The number of carbonyl (C=O) groups excluding carboxylic acids is 1. The van der Waals surface area contributed by atoms with Crippen LogP contribution in [-0.2, 0) is 4.74 Å². The maximum absolute atomic E-state index is 14.3. The van der Waals surface area contributed by atoms with Gasteiger partial charge in [-0.2, -0.15) is 0 Å². The lowest BCUT2D eigenvalue weighted by atomic mass is 10.1. The van der Waals surface area contributed by atoms with E-state index in [2.05, 4.69) is 20.0 Å². The molecule has 1 aliphatic rings. The summed E-state index contributed by atoms with van der Waals surface area (Å²) < 4.78 is 24.2. The molecule has 3 rings (SSSR count). The monoisotopic (exact) mass is 321 g/mol. The number of ether oxygens (including phenoxy) is 2. The Labute approximate surface area is 131 Å². The largest absolute Gasteiger partial charge is 0.486 e. The molecule has 0 spiro atoms. The van der Waals surface area contributed by atoms with Gasteiger partial charge < -0.3 is 25.1 Å². The second-order valence-electron chi connectivity index (χ2n) is 4.92. The van der Waals surface area contributed by atoms with Crippen molar-refractivity contribution in [2.45, 2.75) is 6.17 Å². The minimum Gasteiger partial charge on any atom is -0.486 e. The van der Waals surface area contributed by atoms with Crippen LogP contribution in [0, 0.1) is 5.82 Å². The van der Waals surface area contributed by atoms with Gasteiger partial charge in [0.25, 0.3) is 0 Å². The van der Waals surface area contributed by atoms with Crippen LogP contribution in [0.4, 0.5) is 20.6 Å². The van der Waals surface area contributed by atoms with Crippen LogP contribution >= 0.6 is 0 Å². The molecule has 1 aromatic heterocycles. The Morgan fingerprint density at radius 1 is 1.61 bits per heavy atom. The van der Waals surface area contributed by atoms with Crippen molar-refractivity contribution < 1.29 is 18.7 Å². The molecule has 4 N–H and O–H groups in total. The molecule has 23 heavy (non-hydrogen) atoms. The first-order valence-corrected chi connectivity index (χ1v) is 6.92. The number of anilines is 2. The van der Waals surface area contributed by atoms with E-state index in [4.69, 9.17) is 10.5 Å². The predicted octanol–water partition coefficient (Wildman–Crippen LogP) is 1.58. The Morgan fingerprint density at radius 2 is 2.43 bits per heavy atom. The van der Waals surface area contributed by atoms with Crippen molar-refractivity contribution in [3.8, 4) is 5.75 Å². The van der Waals surface area contributed by atoms with Gasteiger partial charge in [-0.3, -0.25) is 5.32 Å². The van der Waals surface area contributed by atoms with Gasteiger partial charge in [0.05, 0.1) is 37.6 Å². The fourth-order valence-corrected chi connectivity index (χ4v) is 2.43. The number of carbonyl (C=O) groups is 1. The minimum absolute atomic E-state index is 0.0987. The Bertz CT molecular complexity index is 707. The summed E-state index contributed by atoms with van der Waals surface area (Å²) in [5.41, 5.74) is 7.61. The van der Waals surface area contributed by atoms with E-state index >= 15 is 0 Å². The molecule has 0 fully saturated rings. The number of nitrogens with one attached hydrogen (secondary N) is 2. The molecule has 0 radical (unpaired) electrons. The first-order valence-electron chi connectivity index (χ1n) is 6.92. The van der Waals surface area contributed by atoms with E-state index in [9.17, 15) is 9.18 Å². The summed E-state index contributed by atoms with van der Waals surface area (Å²) >= 11 is 0. The second-order valence-corrected chi connectivity index (χ2v) is 4.92. The van der Waals surface area contributed by atoms with Gasteiger partial charge >= 0.3 is 6.09 Å². The number of benzene rings is 1. The maximum Gasteiger partial charge on any atom is 0.411 e.